The number of hydrogen-bond donors (Lipinski definition) is 1. The monoisotopic (exact) mass is 473 g/mol. The molecule has 1 saturated heterocycles. The summed E-state index contributed by atoms with van der Waals surface area (Å²) < 4.78 is 27.8. The molecule has 0 bridgehead atoms. The highest BCUT2D eigenvalue weighted by molar-refractivity contribution is 7.92. The zero-order valence-electron chi connectivity index (χ0n) is 16.9. The molecule has 0 aliphatic carbocycles. The molecule has 1 aliphatic heterocycles. The Morgan fingerprint density at radius 3 is 2.31 bits per heavy atom. The number of nitro benzene ring substituents is 1. The predicted molar refractivity (Wildman–Crippen MR) is 122 cm³/mol. The first-order chi connectivity index (χ1) is 15.3. The molecule has 3 aromatic rings. The molecule has 0 radical (unpaired) electrons. The number of sulfonamides is 1. The minimum Gasteiger partial charge on any atom is -0.355 e. The average Bonchev–Trinajstić information content (AvgIpc) is 2.80. The van der Waals surface area contributed by atoms with E-state index in [0.717, 1.165) is 49.4 Å². The molecule has 0 atom stereocenters. The maximum Gasteiger partial charge on any atom is 0.270 e. The van der Waals surface area contributed by atoms with Crippen LogP contribution >= 0.6 is 11.6 Å². The van der Waals surface area contributed by atoms with E-state index in [0.29, 0.717) is 5.69 Å². The van der Waals surface area contributed by atoms with Gasteiger partial charge in [-0.15, -0.1) is 10.2 Å². The summed E-state index contributed by atoms with van der Waals surface area (Å²) in [5.41, 5.74) is 1.37. The van der Waals surface area contributed by atoms with E-state index >= 15 is 0 Å². The molecular formula is C21H20ClN5O4S. The quantitative estimate of drug-likeness (QED) is 0.413. The molecular weight excluding hydrogens is 454 g/mol. The molecule has 9 nitrogen and oxygen atoms in total. The number of nitrogens with zero attached hydrogens (tertiary/aromatic N) is 4. The number of nitro groups is 1. The van der Waals surface area contributed by atoms with Gasteiger partial charge in [0.25, 0.3) is 15.7 Å². The molecule has 2 heterocycles. The van der Waals surface area contributed by atoms with Gasteiger partial charge in [0.2, 0.25) is 0 Å². The van der Waals surface area contributed by atoms with Crippen molar-refractivity contribution in [2.45, 2.75) is 24.2 Å². The largest absolute Gasteiger partial charge is 0.355 e. The summed E-state index contributed by atoms with van der Waals surface area (Å²) in [7, 11) is -4.12. The van der Waals surface area contributed by atoms with Crippen LogP contribution in [0.1, 0.15) is 19.3 Å². The van der Waals surface area contributed by atoms with E-state index < -0.39 is 14.9 Å². The second-order valence-electron chi connectivity index (χ2n) is 7.38. The highest BCUT2D eigenvalue weighted by Crippen LogP contribution is 2.29. The summed E-state index contributed by atoms with van der Waals surface area (Å²) in [6.45, 7) is 1.97. The van der Waals surface area contributed by atoms with Gasteiger partial charge in [0, 0.05) is 36.5 Å². The van der Waals surface area contributed by atoms with E-state index in [9.17, 15) is 18.5 Å². The van der Waals surface area contributed by atoms with Gasteiger partial charge in [0.15, 0.2) is 5.82 Å². The number of benzene rings is 2. The lowest BCUT2D eigenvalue weighted by molar-refractivity contribution is -0.385. The van der Waals surface area contributed by atoms with Crippen LogP contribution in [-0.4, -0.2) is 36.6 Å². The lowest BCUT2D eigenvalue weighted by Crippen LogP contribution is -2.30. The second-order valence-corrected chi connectivity index (χ2v) is 9.44. The summed E-state index contributed by atoms with van der Waals surface area (Å²) in [6.07, 6.45) is 3.55. The molecule has 1 fully saturated rings. The van der Waals surface area contributed by atoms with Gasteiger partial charge in [-0.05, 0) is 49.6 Å². The Bertz CT molecular complexity index is 1230. The second kappa shape index (κ2) is 9.09. The van der Waals surface area contributed by atoms with Gasteiger partial charge in [-0.2, -0.15) is 0 Å². The fourth-order valence-corrected chi connectivity index (χ4v) is 5.08. The van der Waals surface area contributed by atoms with Crippen LogP contribution in [0.4, 0.5) is 17.2 Å². The first-order valence-electron chi connectivity index (χ1n) is 9.99. The number of halogens is 1. The molecule has 0 amide bonds. The van der Waals surface area contributed by atoms with Crippen LogP contribution in [0.25, 0.3) is 11.3 Å². The molecule has 1 aliphatic rings. The average molecular weight is 474 g/mol. The van der Waals surface area contributed by atoms with Crippen molar-refractivity contribution >= 4 is 38.8 Å². The number of nitrogens with one attached hydrogen (secondary N) is 1. The third-order valence-electron chi connectivity index (χ3n) is 5.18. The van der Waals surface area contributed by atoms with Gasteiger partial charge in [-0.1, -0.05) is 23.7 Å². The summed E-state index contributed by atoms with van der Waals surface area (Å²) >= 11 is 5.97. The Morgan fingerprint density at radius 2 is 1.69 bits per heavy atom. The van der Waals surface area contributed by atoms with Crippen molar-refractivity contribution in [2.24, 2.45) is 0 Å². The van der Waals surface area contributed by atoms with Crippen LogP contribution in [0.15, 0.2) is 59.5 Å². The van der Waals surface area contributed by atoms with Crippen molar-refractivity contribution in [3.05, 3.63) is 69.7 Å². The first-order valence-corrected chi connectivity index (χ1v) is 11.9. The third kappa shape index (κ3) is 4.81. The summed E-state index contributed by atoms with van der Waals surface area (Å²) in [6, 6.07) is 13.7. The summed E-state index contributed by atoms with van der Waals surface area (Å²) in [4.78, 5) is 12.1. The first kappa shape index (κ1) is 22.0. The molecule has 166 valence electrons. The molecule has 0 unspecified atom stereocenters. The Labute approximate surface area is 190 Å². The molecule has 4 rings (SSSR count). The van der Waals surface area contributed by atoms with Gasteiger partial charge in [-0.3, -0.25) is 14.8 Å². The Balaban J connectivity index is 1.50. The van der Waals surface area contributed by atoms with E-state index in [2.05, 4.69) is 19.8 Å². The number of rotatable bonds is 6. The van der Waals surface area contributed by atoms with E-state index in [1.54, 1.807) is 24.3 Å². The smallest absolute Gasteiger partial charge is 0.270 e. The summed E-state index contributed by atoms with van der Waals surface area (Å²) in [5, 5.41) is 19.5. The fraction of sp³-hybridized carbons (Fsp3) is 0.238. The van der Waals surface area contributed by atoms with Gasteiger partial charge in [0.05, 0.1) is 15.6 Å². The molecule has 1 aromatic heterocycles. The Kier molecular flexibility index (Phi) is 6.24. The van der Waals surface area contributed by atoms with Gasteiger partial charge >= 0.3 is 0 Å². The SMILES string of the molecule is O=[N+]([O-])c1ccc(Cl)c(S(=O)(=O)Nc2ccc(-c3ccc(N4CCCCC4)nn3)cc2)c1. The van der Waals surface area contributed by atoms with Crippen molar-refractivity contribution in [3.8, 4) is 11.3 Å². The predicted octanol–water partition coefficient (Wildman–Crippen LogP) is 4.50. The maximum absolute atomic E-state index is 12.7. The summed E-state index contributed by atoms with van der Waals surface area (Å²) in [5.74, 6) is 0.853. The number of hydrogen-bond acceptors (Lipinski definition) is 7. The number of aromatic nitrogens is 2. The molecule has 0 spiro atoms. The Morgan fingerprint density at radius 1 is 0.969 bits per heavy atom. The van der Waals surface area contributed by atoms with Crippen molar-refractivity contribution in [2.75, 3.05) is 22.7 Å². The van der Waals surface area contributed by atoms with Gasteiger partial charge < -0.3 is 4.90 Å². The van der Waals surface area contributed by atoms with Crippen LogP contribution in [0, 0.1) is 10.1 Å². The Hall–Kier alpha value is -3.24. The zero-order chi connectivity index (χ0) is 22.7. The lowest BCUT2D eigenvalue weighted by Gasteiger charge is -2.27. The molecule has 2 aromatic carbocycles. The van der Waals surface area contributed by atoms with Crippen LogP contribution in [-0.2, 0) is 10.0 Å². The highest BCUT2D eigenvalue weighted by atomic mass is 35.5. The molecule has 1 N–H and O–H groups in total. The molecule has 0 saturated carbocycles. The van der Waals surface area contributed by atoms with Crippen LogP contribution in [0.2, 0.25) is 5.02 Å². The van der Waals surface area contributed by atoms with Crippen molar-refractivity contribution in [1.82, 2.24) is 10.2 Å². The van der Waals surface area contributed by atoms with Crippen molar-refractivity contribution in [1.29, 1.82) is 0 Å². The third-order valence-corrected chi connectivity index (χ3v) is 7.04. The fourth-order valence-electron chi connectivity index (χ4n) is 3.50. The van der Waals surface area contributed by atoms with E-state index in [1.807, 2.05) is 12.1 Å². The van der Waals surface area contributed by atoms with Crippen LogP contribution in [0.5, 0.6) is 0 Å². The minimum atomic E-state index is -4.12. The van der Waals surface area contributed by atoms with Crippen LogP contribution < -0.4 is 9.62 Å². The van der Waals surface area contributed by atoms with Crippen molar-refractivity contribution < 1.29 is 13.3 Å². The van der Waals surface area contributed by atoms with E-state index in [1.165, 1.54) is 12.5 Å². The molecule has 11 heteroatoms. The standard InChI is InChI=1S/C21H20ClN5O4S/c22-18-9-8-17(27(28)29)14-20(18)32(30,31)25-16-6-4-15(5-7-16)19-10-11-21(24-23-19)26-12-2-1-3-13-26/h4-11,14,25H,1-3,12-13H2. The number of piperidine rings is 1. The van der Waals surface area contributed by atoms with Gasteiger partial charge in [-0.25, -0.2) is 8.42 Å². The zero-order valence-corrected chi connectivity index (χ0v) is 18.5. The van der Waals surface area contributed by atoms with Crippen molar-refractivity contribution in [3.63, 3.8) is 0 Å². The maximum atomic E-state index is 12.7. The highest BCUT2D eigenvalue weighted by Gasteiger charge is 2.22. The topological polar surface area (TPSA) is 118 Å². The van der Waals surface area contributed by atoms with E-state index in [4.69, 9.17) is 11.6 Å². The van der Waals surface area contributed by atoms with Crippen LogP contribution in [0.3, 0.4) is 0 Å². The minimum absolute atomic E-state index is 0.108. The van der Waals surface area contributed by atoms with E-state index in [-0.39, 0.29) is 21.3 Å². The number of non-ortho nitro benzene ring substituents is 1. The normalized spacial score (nSPS) is 14.2. The van der Waals surface area contributed by atoms with Gasteiger partial charge in [0.1, 0.15) is 4.90 Å². The number of anilines is 2. The molecule has 32 heavy (non-hydrogen) atoms. The lowest BCUT2D eigenvalue weighted by atomic mass is 10.1.